The van der Waals surface area contributed by atoms with Crippen LogP contribution in [0.2, 0.25) is 0 Å². The Balaban J connectivity index is 2.00. The van der Waals surface area contributed by atoms with Gasteiger partial charge >= 0.3 is 0 Å². The lowest BCUT2D eigenvalue weighted by Gasteiger charge is -2.04. The van der Waals surface area contributed by atoms with Crippen molar-refractivity contribution >= 4 is 5.91 Å². The summed E-state index contributed by atoms with van der Waals surface area (Å²) in [6.07, 6.45) is 1.51. The number of nitrogens with one attached hydrogen (secondary N) is 1. The summed E-state index contributed by atoms with van der Waals surface area (Å²) in [5.74, 6) is 1.01. The maximum Gasteiger partial charge on any atom is 0.227 e. The van der Waals surface area contributed by atoms with Gasteiger partial charge in [-0.15, -0.1) is 0 Å². The Hall–Kier alpha value is -1.47. The van der Waals surface area contributed by atoms with Crippen LogP contribution in [0.3, 0.4) is 0 Å². The summed E-state index contributed by atoms with van der Waals surface area (Å²) in [5.41, 5.74) is 0. The normalized spacial score (nSPS) is 10.6. The van der Waals surface area contributed by atoms with Crippen LogP contribution in [-0.2, 0) is 16.0 Å². The Kier molecular flexibility index (Phi) is 6.97. The van der Waals surface area contributed by atoms with Crippen LogP contribution in [0, 0.1) is 6.92 Å². The van der Waals surface area contributed by atoms with Crippen LogP contribution >= 0.6 is 0 Å². The molecule has 0 aromatic carbocycles. The van der Waals surface area contributed by atoms with E-state index < -0.39 is 0 Å². The van der Waals surface area contributed by atoms with E-state index in [9.17, 15) is 4.79 Å². The summed E-state index contributed by atoms with van der Waals surface area (Å²) in [5, 5.41) is 14.9. The van der Waals surface area contributed by atoms with E-state index in [0.29, 0.717) is 44.3 Å². The van der Waals surface area contributed by atoms with E-state index >= 15 is 0 Å². The Morgan fingerprint density at radius 2 is 2.33 bits per heavy atom. The Labute approximate surface area is 106 Å². The molecular weight excluding hydrogens is 238 g/mol. The number of carbonyl (C=O) groups excluding carboxylic acids is 1. The van der Waals surface area contributed by atoms with Gasteiger partial charge in [-0.1, -0.05) is 5.16 Å². The number of hydrogen-bond donors (Lipinski definition) is 2. The number of rotatable bonds is 9. The average molecular weight is 257 g/mol. The van der Waals surface area contributed by atoms with Gasteiger partial charge in [-0.25, -0.2) is 0 Å². The van der Waals surface area contributed by atoms with Gasteiger partial charge in [0.25, 0.3) is 0 Å². The maximum atomic E-state index is 11.4. The van der Waals surface area contributed by atoms with Crippen molar-refractivity contribution in [1.29, 1.82) is 0 Å². The van der Waals surface area contributed by atoms with Crippen molar-refractivity contribution < 1.29 is 19.2 Å². The largest absolute Gasteiger partial charge is 0.394 e. The molecule has 18 heavy (non-hydrogen) atoms. The third-order valence-corrected chi connectivity index (χ3v) is 2.16. The molecule has 0 aliphatic rings. The second-order valence-corrected chi connectivity index (χ2v) is 3.77. The number of carbonyl (C=O) groups is 1. The molecule has 0 aliphatic heterocycles. The molecule has 0 atom stereocenters. The first-order chi connectivity index (χ1) is 8.72. The van der Waals surface area contributed by atoms with Crippen LogP contribution in [0.25, 0.3) is 0 Å². The fourth-order valence-electron chi connectivity index (χ4n) is 1.32. The highest BCUT2D eigenvalue weighted by atomic mass is 16.5. The number of ether oxygens (including phenoxy) is 1. The molecule has 0 unspecified atom stereocenters. The molecule has 0 aliphatic carbocycles. The zero-order valence-electron chi connectivity index (χ0n) is 10.5. The standard InChI is InChI=1S/C11H19N3O4/c1-9-13-11(18-14-9)4-3-10(16)12-5-2-7-17-8-6-15/h15H,2-8H2,1H3,(H,12,16). The molecule has 1 aromatic heterocycles. The zero-order valence-corrected chi connectivity index (χ0v) is 10.5. The van der Waals surface area contributed by atoms with Gasteiger partial charge in [-0.05, 0) is 13.3 Å². The predicted molar refractivity (Wildman–Crippen MR) is 62.9 cm³/mol. The maximum absolute atomic E-state index is 11.4. The fourth-order valence-corrected chi connectivity index (χ4v) is 1.32. The molecule has 2 N–H and O–H groups in total. The minimum atomic E-state index is -0.0481. The zero-order chi connectivity index (χ0) is 13.2. The number of aromatic nitrogens is 2. The number of hydrogen-bond acceptors (Lipinski definition) is 6. The van der Waals surface area contributed by atoms with Crippen LogP contribution in [0.15, 0.2) is 4.52 Å². The molecular formula is C11H19N3O4. The molecule has 1 amide bonds. The second kappa shape index (κ2) is 8.60. The number of amides is 1. The van der Waals surface area contributed by atoms with Gasteiger partial charge < -0.3 is 19.7 Å². The van der Waals surface area contributed by atoms with E-state index in [1.807, 2.05) is 0 Å². The van der Waals surface area contributed by atoms with E-state index in [-0.39, 0.29) is 12.5 Å². The molecule has 0 saturated heterocycles. The number of nitrogens with zero attached hydrogens (tertiary/aromatic N) is 2. The average Bonchev–Trinajstić information content (AvgIpc) is 2.77. The molecule has 0 spiro atoms. The van der Waals surface area contributed by atoms with Crippen molar-refractivity contribution in [3.8, 4) is 0 Å². The molecule has 1 aromatic rings. The van der Waals surface area contributed by atoms with Crippen molar-refractivity contribution in [2.75, 3.05) is 26.4 Å². The monoisotopic (exact) mass is 257 g/mol. The summed E-state index contributed by atoms with van der Waals surface area (Å²) in [4.78, 5) is 15.4. The van der Waals surface area contributed by atoms with Gasteiger partial charge in [-0.3, -0.25) is 4.79 Å². The van der Waals surface area contributed by atoms with Gasteiger partial charge in [0.1, 0.15) is 0 Å². The van der Waals surface area contributed by atoms with Crippen molar-refractivity contribution in [3.63, 3.8) is 0 Å². The van der Waals surface area contributed by atoms with Crippen LogP contribution in [-0.4, -0.2) is 47.5 Å². The van der Waals surface area contributed by atoms with E-state index in [1.54, 1.807) is 6.92 Å². The van der Waals surface area contributed by atoms with Crippen molar-refractivity contribution in [2.45, 2.75) is 26.2 Å². The fraction of sp³-hybridized carbons (Fsp3) is 0.727. The molecule has 0 radical (unpaired) electrons. The first kappa shape index (κ1) is 14.6. The minimum Gasteiger partial charge on any atom is -0.394 e. The van der Waals surface area contributed by atoms with Crippen LogP contribution < -0.4 is 5.32 Å². The molecule has 7 heteroatoms. The van der Waals surface area contributed by atoms with Crippen LogP contribution in [0.4, 0.5) is 0 Å². The summed E-state index contributed by atoms with van der Waals surface area (Å²) in [6, 6.07) is 0. The lowest BCUT2D eigenvalue weighted by Crippen LogP contribution is -2.25. The number of aryl methyl sites for hydroxylation is 2. The third kappa shape index (κ3) is 6.31. The van der Waals surface area contributed by atoms with Gasteiger partial charge in [-0.2, -0.15) is 4.98 Å². The van der Waals surface area contributed by atoms with E-state index in [1.165, 1.54) is 0 Å². The van der Waals surface area contributed by atoms with Gasteiger partial charge in [0, 0.05) is 26.0 Å². The highest BCUT2D eigenvalue weighted by Crippen LogP contribution is 1.99. The Morgan fingerprint density at radius 1 is 1.50 bits per heavy atom. The minimum absolute atomic E-state index is 0.0238. The molecule has 0 fully saturated rings. The quantitative estimate of drug-likeness (QED) is 0.596. The second-order valence-electron chi connectivity index (χ2n) is 3.77. The van der Waals surface area contributed by atoms with Crippen molar-refractivity contribution in [1.82, 2.24) is 15.5 Å². The molecule has 0 bridgehead atoms. The SMILES string of the molecule is Cc1noc(CCC(=O)NCCCOCCO)n1. The van der Waals surface area contributed by atoms with E-state index in [2.05, 4.69) is 15.5 Å². The van der Waals surface area contributed by atoms with Crippen molar-refractivity contribution in [3.05, 3.63) is 11.7 Å². The number of aliphatic hydroxyl groups excluding tert-OH is 1. The smallest absolute Gasteiger partial charge is 0.227 e. The van der Waals surface area contributed by atoms with Gasteiger partial charge in [0.15, 0.2) is 5.82 Å². The molecule has 102 valence electrons. The lowest BCUT2D eigenvalue weighted by molar-refractivity contribution is -0.121. The number of aliphatic hydroxyl groups is 1. The molecule has 1 heterocycles. The van der Waals surface area contributed by atoms with Crippen LogP contribution in [0.1, 0.15) is 24.6 Å². The van der Waals surface area contributed by atoms with E-state index in [0.717, 1.165) is 6.42 Å². The summed E-state index contributed by atoms with van der Waals surface area (Å²) < 4.78 is 9.96. The van der Waals surface area contributed by atoms with Gasteiger partial charge in [0.05, 0.1) is 13.2 Å². The summed E-state index contributed by atoms with van der Waals surface area (Å²) >= 11 is 0. The molecule has 7 nitrogen and oxygen atoms in total. The van der Waals surface area contributed by atoms with Gasteiger partial charge in [0.2, 0.25) is 11.8 Å². The third-order valence-electron chi connectivity index (χ3n) is 2.16. The Bertz CT molecular complexity index is 354. The topological polar surface area (TPSA) is 97.5 Å². The van der Waals surface area contributed by atoms with Crippen LogP contribution in [0.5, 0.6) is 0 Å². The van der Waals surface area contributed by atoms with E-state index in [4.69, 9.17) is 14.4 Å². The summed E-state index contributed by atoms with van der Waals surface area (Å²) in [7, 11) is 0. The van der Waals surface area contributed by atoms with Crippen molar-refractivity contribution in [2.24, 2.45) is 0 Å². The highest BCUT2D eigenvalue weighted by Gasteiger charge is 2.06. The first-order valence-corrected chi connectivity index (χ1v) is 5.97. The summed E-state index contributed by atoms with van der Waals surface area (Å²) in [6.45, 7) is 3.19. The first-order valence-electron chi connectivity index (χ1n) is 5.97. The lowest BCUT2D eigenvalue weighted by atomic mass is 10.3. The highest BCUT2D eigenvalue weighted by molar-refractivity contribution is 5.75. The molecule has 1 rings (SSSR count). The predicted octanol–water partition coefficient (Wildman–Crippen LogP) is -0.174. The molecule has 0 saturated carbocycles. The Morgan fingerprint density at radius 3 is 3.00 bits per heavy atom.